The molecule has 0 fully saturated rings. The maximum Gasteiger partial charge on any atom is 0.278 e. The molecule has 2 aromatic carbocycles. The predicted molar refractivity (Wildman–Crippen MR) is 127 cm³/mol. The summed E-state index contributed by atoms with van der Waals surface area (Å²) in [6.45, 7) is 3.82. The Bertz CT molecular complexity index is 1240. The molecular formula is C22H19ClN4O3S2. The zero-order chi connectivity index (χ0) is 22.7. The lowest BCUT2D eigenvalue weighted by Crippen LogP contribution is -2.19. The Balaban J connectivity index is 1.58. The summed E-state index contributed by atoms with van der Waals surface area (Å²) in [5.74, 6) is 0.683. The summed E-state index contributed by atoms with van der Waals surface area (Å²) in [6.07, 6.45) is 0. The molecule has 0 radical (unpaired) electrons. The number of thiazole rings is 1. The molecule has 0 aliphatic heterocycles. The number of benzene rings is 2. The van der Waals surface area contributed by atoms with Gasteiger partial charge in [0, 0.05) is 5.69 Å². The second-order valence-electron chi connectivity index (χ2n) is 6.77. The van der Waals surface area contributed by atoms with Crippen molar-refractivity contribution in [3.05, 3.63) is 69.8 Å². The summed E-state index contributed by atoms with van der Waals surface area (Å²) in [7, 11) is 1.54. The van der Waals surface area contributed by atoms with Crippen molar-refractivity contribution in [2.24, 2.45) is 0 Å². The van der Waals surface area contributed by atoms with Crippen LogP contribution in [0.3, 0.4) is 0 Å². The minimum Gasteiger partial charge on any atom is -0.495 e. The number of nitrogens with zero attached hydrogens (tertiary/aromatic N) is 3. The van der Waals surface area contributed by atoms with Crippen molar-refractivity contribution in [1.29, 1.82) is 0 Å². The molecule has 4 aromatic rings. The standard InChI is InChI=1S/C22H19ClN4O3S2/c1-12-18(31-13(2)24-12)21-26-27-22(30-21)32-19(14-7-5-4-6-8-14)20(28)25-15-9-10-17(29-3)16(23)11-15/h4-11,19H,1-3H3,(H,25,28). The second-order valence-corrected chi connectivity index (χ2v) is 9.43. The van der Waals surface area contributed by atoms with Crippen LogP contribution >= 0.6 is 34.7 Å². The van der Waals surface area contributed by atoms with E-state index in [0.717, 1.165) is 21.1 Å². The SMILES string of the molecule is COc1ccc(NC(=O)C(Sc2nnc(-c3sc(C)nc3C)o2)c2ccccc2)cc1Cl. The van der Waals surface area contributed by atoms with Crippen molar-refractivity contribution in [3.8, 4) is 16.5 Å². The fourth-order valence-electron chi connectivity index (χ4n) is 3.03. The molecular weight excluding hydrogens is 468 g/mol. The zero-order valence-corrected chi connectivity index (χ0v) is 19.8. The van der Waals surface area contributed by atoms with Gasteiger partial charge in [-0.25, -0.2) is 4.98 Å². The number of anilines is 1. The van der Waals surface area contributed by atoms with Crippen LogP contribution in [0.2, 0.25) is 5.02 Å². The average Bonchev–Trinajstić information content (AvgIpc) is 3.38. The molecule has 7 nitrogen and oxygen atoms in total. The Kier molecular flexibility index (Phi) is 6.78. The number of carbonyl (C=O) groups is 1. The molecule has 0 aliphatic carbocycles. The molecule has 2 aromatic heterocycles. The highest BCUT2D eigenvalue weighted by Crippen LogP contribution is 2.38. The number of rotatable bonds is 7. The summed E-state index contributed by atoms with van der Waals surface area (Å²) in [5, 5.41) is 12.2. The van der Waals surface area contributed by atoms with E-state index >= 15 is 0 Å². The predicted octanol–water partition coefficient (Wildman–Crippen LogP) is 5.94. The topological polar surface area (TPSA) is 90.1 Å². The Morgan fingerprint density at radius 2 is 1.97 bits per heavy atom. The zero-order valence-electron chi connectivity index (χ0n) is 17.5. The van der Waals surface area contributed by atoms with Crippen molar-refractivity contribution < 1.29 is 13.9 Å². The molecule has 0 saturated heterocycles. The van der Waals surface area contributed by atoms with Crippen LogP contribution in [-0.4, -0.2) is 28.2 Å². The average molecular weight is 487 g/mol. The maximum atomic E-state index is 13.2. The summed E-state index contributed by atoms with van der Waals surface area (Å²) >= 11 is 8.87. The summed E-state index contributed by atoms with van der Waals surface area (Å²) in [5.41, 5.74) is 2.20. The molecule has 4 rings (SSSR count). The molecule has 164 valence electrons. The number of carbonyl (C=O) groups excluding carboxylic acids is 1. The van der Waals surface area contributed by atoms with E-state index in [9.17, 15) is 4.79 Å². The summed E-state index contributed by atoms with van der Waals surface area (Å²) in [6, 6.07) is 14.5. The van der Waals surface area contributed by atoms with Crippen LogP contribution in [0.1, 0.15) is 21.5 Å². The number of aromatic nitrogens is 3. The molecule has 32 heavy (non-hydrogen) atoms. The van der Waals surface area contributed by atoms with Crippen molar-refractivity contribution in [2.75, 3.05) is 12.4 Å². The molecule has 0 spiro atoms. The first kappa shape index (κ1) is 22.3. The van der Waals surface area contributed by atoms with Crippen LogP contribution in [0.25, 0.3) is 10.8 Å². The van der Waals surface area contributed by atoms with E-state index in [1.165, 1.54) is 30.2 Å². The molecule has 0 bridgehead atoms. The number of thioether (sulfide) groups is 1. The lowest BCUT2D eigenvalue weighted by atomic mass is 10.1. The number of hydrogen-bond donors (Lipinski definition) is 1. The highest BCUT2D eigenvalue weighted by molar-refractivity contribution is 8.00. The van der Waals surface area contributed by atoms with E-state index in [-0.39, 0.29) is 5.91 Å². The third-order valence-electron chi connectivity index (χ3n) is 4.48. The van der Waals surface area contributed by atoms with Gasteiger partial charge >= 0.3 is 0 Å². The minimum absolute atomic E-state index is 0.244. The molecule has 0 aliphatic rings. The van der Waals surface area contributed by atoms with Gasteiger partial charge in [-0.15, -0.1) is 21.5 Å². The molecule has 0 saturated carbocycles. The Hall–Kier alpha value is -2.88. The number of halogens is 1. The summed E-state index contributed by atoms with van der Waals surface area (Å²) < 4.78 is 11.0. The molecule has 2 heterocycles. The second kappa shape index (κ2) is 9.72. The van der Waals surface area contributed by atoms with E-state index in [1.807, 2.05) is 44.2 Å². The van der Waals surface area contributed by atoms with Crippen molar-refractivity contribution in [1.82, 2.24) is 15.2 Å². The quantitative estimate of drug-likeness (QED) is 0.323. The van der Waals surface area contributed by atoms with Gasteiger partial charge in [0.2, 0.25) is 5.91 Å². The van der Waals surface area contributed by atoms with Gasteiger partial charge in [0.25, 0.3) is 11.1 Å². The number of nitrogens with one attached hydrogen (secondary N) is 1. The van der Waals surface area contributed by atoms with Crippen LogP contribution in [0, 0.1) is 13.8 Å². The van der Waals surface area contributed by atoms with Gasteiger partial charge in [0.05, 0.1) is 22.8 Å². The number of hydrogen-bond acceptors (Lipinski definition) is 8. The first-order valence-electron chi connectivity index (χ1n) is 9.58. The van der Waals surface area contributed by atoms with Gasteiger partial charge in [0.15, 0.2) is 0 Å². The highest BCUT2D eigenvalue weighted by atomic mass is 35.5. The van der Waals surface area contributed by atoms with Crippen LogP contribution in [0.15, 0.2) is 58.2 Å². The molecule has 1 atom stereocenters. The van der Waals surface area contributed by atoms with Crippen LogP contribution in [0.4, 0.5) is 5.69 Å². The van der Waals surface area contributed by atoms with Gasteiger partial charge in [-0.3, -0.25) is 4.79 Å². The van der Waals surface area contributed by atoms with E-state index in [2.05, 4.69) is 20.5 Å². The lowest BCUT2D eigenvalue weighted by Gasteiger charge is -2.15. The van der Waals surface area contributed by atoms with E-state index in [1.54, 1.807) is 18.2 Å². The van der Waals surface area contributed by atoms with Crippen molar-refractivity contribution >= 4 is 46.3 Å². The Morgan fingerprint density at radius 3 is 2.62 bits per heavy atom. The first-order chi connectivity index (χ1) is 15.4. The molecule has 1 unspecified atom stereocenters. The number of methoxy groups -OCH3 is 1. The van der Waals surface area contributed by atoms with E-state index < -0.39 is 5.25 Å². The fourth-order valence-corrected chi connectivity index (χ4v) is 5.01. The van der Waals surface area contributed by atoms with Crippen LogP contribution in [0.5, 0.6) is 5.75 Å². The van der Waals surface area contributed by atoms with Crippen molar-refractivity contribution in [3.63, 3.8) is 0 Å². The van der Waals surface area contributed by atoms with Gasteiger partial charge < -0.3 is 14.5 Å². The molecule has 10 heteroatoms. The van der Waals surface area contributed by atoms with Gasteiger partial charge in [0.1, 0.15) is 15.9 Å². The van der Waals surface area contributed by atoms with Gasteiger partial charge in [-0.05, 0) is 49.4 Å². The maximum absolute atomic E-state index is 13.2. The molecule has 1 N–H and O–H groups in total. The van der Waals surface area contributed by atoms with Gasteiger partial charge in [-0.2, -0.15) is 0 Å². The largest absolute Gasteiger partial charge is 0.495 e. The van der Waals surface area contributed by atoms with Crippen LogP contribution in [-0.2, 0) is 4.79 Å². The van der Waals surface area contributed by atoms with E-state index in [4.69, 9.17) is 20.8 Å². The monoisotopic (exact) mass is 486 g/mol. The summed E-state index contributed by atoms with van der Waals surface area (Å²) in [4.78, 5) is 18.4. The normalized spacial score (nSPS) is 11.9. The van der Waals surface area contributed by atoms with Crippen molar-refractivity contribution in [2.45, 2.75) is 24.3 Å². The number of aryl methyl sites for hydroxylation is 2. The third-order valence-corrected chi connectivity index (χ3v) is 6.93. The smallest absolute Gasteiger partial charge is 0.278 e. The number of ether oxygens (including phenoxy) is 1. The highest BCUT2D eigenvalue weighted by Gasteiger charge is 2.26. The Labute approximate surface area is 198 Å². The molecule has 1 amide bonds. The first-order valence-corrected chi connectivity index (χ1v) is 11.7. The third kappa shape index (κ3) is 4.95. The lowest BCUT2D eigenvalue weighted by molar-refractivity contribution is -0.115. The van der Waals surface area contributed by atoms with Gasteiger partial charge in [-0.1, -0.05) is 41.9 Å². The van der Waals surface area contributed by atoms with E-state index in [0.29, 0.717) is 27.6 Å². The minimum atomic E-state index is -0.616. The number of amides is 1. The Morgan fingerprint density at radius 1 is 1.19 bits per heavy atom. The van der Waals surface area contributed by atoms with Crippen LogP contribution < -0.4 is 10.1 Å². The fraction of sp³-hybridized carbons (Fsp3) is 0.182.